The topological polar surface area (TPSA) is 89.7 Å². The molecular formula is C18H21FN6O. The van der Waals surface area contributed by atoms with Crippen LogP contribution in [0.25, 0.3) is 22.6 Å². The van der Waals surface area contributed by atoms with Gasteiger partial charge in [-0.1, -0.05) is 6.92 Å². The van der Waals surface area contributed by atoms with Gasteiger partial charge in [-0.15, -0.1) is 0 Å². The van der Waals surface area contributed by atoms with Crippen LogP contribution in [0.15, 0.2) is 18.3 Å². The van der Waals surface area contributed by atoms with Crippen molar-refractivity contribution in [3.8, 4) is 11.5 Å². The Bertz CT molecular complexity index is 940. The molecule has 1 fully saturated rings. The number of carbonyl (C=O) groups is 1. The quantitative estimate of drug-likeness (QED) is 0.669. The average Bonchev–Trinajstić information content (AvgIpc) is 3.27. The highest BCUT2D eigenvalue weighted by molar-refractivity contribution is 5.93. The molecule has 1 aromatic carbocycles. The Balaban J connectivity index is 1.62. The molecule has 0 aliphatic carbocycles. The molecule has 3 heterocycles. The van der Waals surface area contributed by atoms with Gasteiger partial charge >= 0.3 is 6.03 Å². The standard InChI is InChI=1S/C18H21FN6O/c1-2-11-8-13-14(9-12(11)19)22-17(21-13)16-15(10-20-24-16)23-18(26)25-6-4-3-5-7-25/h8-10H,2-7H2,1H3,(H,20,24)(H,21,22)(H,23,26). The van der Waals surface area contributed by atoms with Crippen LogP contribution in [0.1, 0.15) is 31.7 Å². The lowest BCUT2D eigenvalue weighted by atomic mass is 10.1. The third-order valence-corrected chi connectivity index (χ3v) is 4.79. The maximum absolute atomic E-state index is 14.0. The summed E-state index contributed by atoms with van der Waals surface area (Å²) in [5.41, 5.74) is 3.05. The van der Waals surface area contributed by atoms with Gasteiger partial charge in [0.1, 0.15) is 11.5 Å². The van der Waals surface area contributed by atoms with Gasteiger partial charge in [-0.2, -0.15) is 5.10 Å². The molecule has 2 amide bonds. The fraction of sp³-hybridized carbons (Fsp3) is 0.389. The molecule has 4 rings (SSSR count). The van der Waals surface area contributed by atoms with Crippen LogP contribution < -0.4 is 5.32 Å². The van der Waals surface area contributed by atoms with Crippen molar-refractivity contribution >= 4 is 22.8 Å². The number of hydrogen-bond donors (Lipinski definition) is 3. The number of nitrogens with one attached hydrogen (secondary N) is 3. The number of anilines is 1. The Labute approximate surface area is 150 Å². The van der Waals surface area contributed by atoms with Crippen molar-refractivity contribution in [1.82, 2.24) is 25.1 Å². The van der Waals surface area contributed by atoms with Crippen LogP contribution in [0, 0.1) is 5.82 Å². The van der Waals surface area contributed by atoms with Crippen molar-refractivity contribution in [2.45, 2.75) is 32.6 Å². The molecule has 0 saturated carbocycles. The number of amides is 2. The van der Waals surface area contributed by atoms with Gasteiger partial charge in [0.25, 0.3) is 0 Å². The van der Waals surface area contributed by atoms with E-state index in [1.807, 2.05) is 11.8 Å². The number of aryl methyl sites for hydroxylation is 1. The summed E-state index contributed by atoms with van der Waals surface area (Å²) < 4.78 is 14.0. The number of hydrogen-bond acceptors (Lipinski definition) is 3. The number of urea groups is 1. The van der Waals surface area contributed by atoms with Crippen molar-refractivity contribution in [3.63, 3.8) is 0 Å². The summed E-state index contributed by atoms with van der Waals surface area (Å²) in [5, 5.41) is 9.79. The molecule has 136 valence electrons. The number of imidazole rings is 1. The van der Waals surface area contributed by atoms with Crippen LogP contribution in [0.2, 0.25) is 0 Å². The molecule has 26 heavy (non-hydrogen) atoms. The number of fused-ring (bicyclic) bond motifs is 1. The van der Waals surface area contributed by atoms with Crippen molar-refractivity contribution in [2.24, 2.45) is 0 Å². The van der Waals surface area contributed by atoms with Gasteiger partial charge < -0.3 is 15.2 Å². The van der Waals surface area contributed by atoms with Gasteiger partial charge in [0, 0.05) is 19.2 Å². The van der Waals surface area contributed by atoms with Crippen LogP contribution in [-0.4, -0.2) is 44.2 Å². The Hall–Kier alpha value is -2.90. The lowest BCUT2D eigenvalue weighted by Gasteiger charge is -2.26. The summed E-state index contributed by atoms with van der Waals surface area (Å²) in [7, 11) is 0. The van der Waals surface area contributed by atoms with Crippen LogP contribution >= 0.6 is 0 Å². The van der Waals surface area contributed by atoms with Crippen LogP contribution in [0.5, 0.6) is 0 Å². The SMILES string of the molecule is CCc1cc2[nH]c(-c3[nH]ncc3NC(=O)N3CCCCC3)nc2cc1F. The zero-order valence-corrected chi connectivity index (χ0v) is 14.6. The summed E-state index contributed by atoms with van der Waals surface area (Å²) in [6, 6.07) is 3.06. The Morgan fingerprint density at radius 2 is 2.12 bits per heavy atom. The number of nitrogens with zero attached hydrogens (tertiary/aromatic N) is 3. The number of rotatable bonds is 3. The number of aromatic nitrogens is 4. The van der Waals surface area contributed by atoms with E-state index in [1.165, 1.54) is 6.07 Å². The number of benzene rings is 1. The van der Waals surface area contributed by atoms with Gasteiger partial charge in [-0.05, 0) is 37.3 Å². The number of aromatic amines is 2. The zero-order valence-electron chi connectivity index (χ0n) is 14.6. The smallest absolute Gasteiger partial charge is 0.321 e. The largest absolute Gasteiger partial charge is 0.337 e. The molecule has 7 nitrogen and oxygen atoms in total. The first-order valence-corrected chi connectivity index (χ1v) is 8.93. The average molecular weight is 356 g/mol. The summed E-state index contributed by atoms with van der Waals surface area (Å²) in [6.07, 6.45) is 5.39. The first-order valence-electron chi connectivity index (χ1n) is 8.93. The molecule has 8 heteroatoms. The van der Waals surface area contributed by atoms with E-state index < -0.39 is 0 Å². The third-order valence-electron chi connectivity index (χ3n) is 4.79. The third kappa shape index (κ3) is 3.02. The lowest BCUT2D eigenvalue weighted by molar-refractivity contribution is 0.200. The normalized spacial score (nSPS) is 14.8. The molecular weight excluding hydrogens is 335 g/mol. The Morgan fingerprint density at radius 1 is 1.31 bits per heavy atom. The molecule has 1 saturated heterocycles. The van der Waals surface area contributed by atoms with E-state index in [0.29, 0.717) is 34.7 Å². The van der Waals surface area contributed by atoms with Gasteiger partial charge in [-0.25, -0.2) is 14.2 Å². The Kier molecular flexibility index (Phi) is 4.32. The van der Waals surface area contributed by atoms with Gasteiger partial charge in [0.2, 0.25) is 0 Å². The van der Waals surface area contributed by atoms with Crippen LogP contribution in [0.4, 0.5) is 14.9 Å². The van der Waals surface area contributed by atoms with Crippen LogP contribution in [0.3, 0.4) is 0 Å². The number of piperidine rings is 1. The first kappa shape index (κ1) is 16.6. The highest BCUT2D eigenvalue weighted by Crippen LogP contribution is 2.27. The molecule has 0 unspecified atom stereocenters. The van der Waals surface area contributed by atoms with E-state index >= 15 is 0 Å². The van der Waals surface area contributed by atoms with E-state index in [-0.39, 0.29) is 11.8 Å². The molecule has 0 bridgehead atoms. The van der Waals surface area contributed by atoms with Crippen molar-refractivity contribution in [2.75, 3.05) is 18.4 Å². The molecule has 1 aliphatic heterocycles. The molecule has 0 radical (unpaired) electrons. The summed E-state index contributed by atoms with van der Waals surface area (Å²) in [4.78, 5) is 21.9. The summed E-state index contributed by atoms with van der Waals surface area (Å²) >= 11 is 0. The highest BCUT2D eigenvalue weighted by atomic mass is 19.1. The maximum Gasteiger partial charge on any atom is 0.321 e. The van der Waals surface area contributed by atoms with Gasteiger partial charge in [0.15, 0.2) is 5.82 Å². The number of H-pyrrole nitrogens is 2. The van der Waals surface area contributed by atoms with Crippen LogP contribution in [-0.2, 0) is 6.42 Å². The molecule has 3 N–H and O–H groups in total. The number of likely N-dealkylation sites (tertiary alicyclic amines) is 1. The number of carbonyl (C=O) groups excluding carboxylic acids is 1. The fourth-order valence-corrected chi connectivity index (χ4v) is 3.32. The van der Waals surface area contributed by atoms with Crippen molar-refractivity contribution in [3.05, 3.63) is 29.7 Å². The van der Waals surface area contributed by atoms with Gasteiger partial charge in [0.05, 0.1) is 22.9 Å². The second-order valence-electron chi connectivity index (χ2n) is 6.54. The molecule has 1 aliphatic rings. The minimum atomic E-state index is -0.263. The lowest BCUT2D eigenvalue weighted by Crippen LogP contribution is -2.38. The van der Waals surface area contributed by atoms with E-state index in [1.54, 1.807) is 12.3 Å². The minimum Gasteiger partial charge on any atom is -0.337 e. The minimum absolute atomic E-state index is 0.136. The molecule has 2 aromatic heterocycles. The first-order chi connectivity index (χ1) is 12.7. The van der Waals surface area contributed by atoms with E-state index in [4.69, 9.17) is 0 Å². The fourth-order valence-electron chi connectivity index (χ4n) is 3.32. The number of halogens is 1. The highest BCUT2D eigenvalue weighted by Gasteiger charge is 2.20. The monoisotopic (exact) mass is 356 g/mol. The van der Waals surface area contributed by atoms with E-state index in [9.17, 15) is 9.18 Å². The van der Waals surface area contributed by atoms with Crippen molar-refractivity contribution in [1.29, 1.82) is 0 Å². The van der Waals surface area contributed by atoms with E-state index in [0.717, 1.165) is 37.9 Å². The molecule has 3 aromatic rings. The van der Waals surface area contributed by atoms with Crippen molar-refractivity contribution < 1.29 is 9.18 Å². The maximum atomic E-state index is 14.0. The Morgan fingerprint density at radius 3 is 2.88 bits per heavy atom. The summed E-state index contributed by atoms with van der Waals surface area (Å²) in [6.45, 7) is 3.44. The summed E-state index contributed by atoms with van der Waals surface area (Å²) in [5.74, 6) is 0.250. The predicted molar refractivity (Wildman–Crippen MR) is 97.5 cm³/mol. The van der Waals surface area contributed by atoms with Gasteiger partial charge in [-0.3, -0.25) is 5.10 Å². The molecule has 0 atom stereocenters. The molecule has 0 spiro atoms. The second-order valence-corrected chi connectivity index (χ2v) is 6.54. The zero-order chi connectivity index (χ0) is 18.1. The van der Waals surface area contributed by atoms with E-state index in [2.05, 4.69) is 25.5 Å². The predicted octanol–water partition coefficient (Wildman–Crippen LogP) is 3.67. The second kappa shape index (κ2) is 6.78.